The van der Waals surface area contributed by atoms with Gasteiger partial charge in [-0.2, -0.15) is 15.5 Å². The van der Waals surface area contributed by atoms with Crippen LogP contribution in [0, 0.1) is 11.3 Å². The lowest BCUT2D eigenvalue weighted by molar-refractivity contribution is 0.461. The molecular formula is C17H19ClN6. The molecule has 0 atom stereocenters. The van der Waals surface area contributed by atoms with Gasteiger partial charge >= 0.3 is 0 Å². The summed E-state index contributed by atoms with van der Waals surface area (Å²) in [4.78, 5) is 0. The van der Waals surface area contributed by atoms with Crippen LogP contribution in [-0.2, 0) is 7.05 Å². The van der Waals surface area contributed by atoms with E-state index in [0.717, 1.165) is 42.6 Å². The van der Waals surface area contributed by atoms with Gasteiger partial charge in [0.25, 0.3) is 0 Å². The van der Waals surface area contributed by atoms with Crippen LogP contribution in [-0.4, -0.2) is 32.5 Å². The number of hydrogen-bond acceptors (Lipinski definition) is 4. The van der Waals surface area contributed by atoms with E-state index in [0.29, 0.717) is 11.5 Å². The van der Waals surface area contributed by atoms with E-state index >= 15 is 0 Å². The molecule has 0 bridgehead atoms. The highest BCUT2D eigenvalue weighted by molar-refractivity contribution is 5.85. The Labute approximate surface area is 146 Å². The minimum Gasteiger partial charge on any atom is -0.317 e. The predicted molar refractivity (Wildman–Crippen MR) is 94.2 cm³/mol. The Morgan fingerprint density at radius 3 is 2.62 bits per heavy atom. The van der Waals surface area contributed by atoms with Crippen LogP contribution in [0.3, 0.4) is 0 Å². The monoisotopic (exact) mass is 342 g/mol. The van der Waals surface area contributed by atoms with Crippen molar-refractivity contribution in [2.24, 2.45) is 7.05 Å². The van der Waals surface area contributed by atoms with Gasteiger partial charge in [0.05, 0.1) is 23.5 Å². The lowest BCUT2D eigenvalue weighted by Crippen LogP contribution is -2.27. The number of piperidine rings is 1. The average Bonchev–Trinajstić information content (AvgIpc) is 3.20. The third-order valence-corrected chi connectivity index (χ3v) is 4.58. The second kappa shape index (κ2) is 6.63. The molecule has 0 unspecified atom stereocenters. The predicted octanol–water partition coefficient (Wildman–Crippen LogP) is 2.50. The van der Waals surface area contributed by atoms with Crippen molar-refractivity contribution in [2.75, 3.05) is 13.1 Å². The number of nitrogens with zero attached hydrogens (tertiary/aromatic N) is 5. The average molecular weight is 343 g/mol. The quantitative estimate of drug-likeness (QED) is 0.776. The second-order valence-corrected chi connectivity index (χ2v) is 6.07. The molecule has 0 aromatic carbocycles. The summed E-state index contributed by atoms with van der Waals surface area (Å²) in [5.74, 6) is 0.458. The maximum Gasteiger partial charge on any atom is 0.103 e. The number of nitrogens with one attached hydrogen (secondary N) is 1. The largest absolute Gasteiger partial charge is 0.317 e. The number of halogens is 1. The lowest BCUT2D eigenvalue weighted by atomic mass is 9.88. The number of nitriles is 1. The molecule has 4 heterocycles. The zero-order chi connectivity index (χ0) is 15.8. The lowest BCUT2D eigenvalue weighted by Gasteiger charge is -2.24. The maximum atomic E-state index is 9.41. The van der Waals surface area contributed by atoms with E-state index in [1.807, 2.05) is 30.2 Å². The third kappa shape index (κ3) is 2.77. The molecule has 3 aromatic heterocycles. The van der Waals surface area contributed by atoms with Crippen LogP contribution in [0.25, 0.3) is 16.6 Å². The molecule has 0 saturated carbocycles. The highest BCUT2D eigenvalue weighted by Crippen LogP contribution is 2.33. The number of pyridine rings is 1. The van der Waals surface area contributed by atoms with Gasteiger partial charge in [-0.25, -0.2) is 4.52 Å². The summed E-state index contributed by atoms with van der Waals surface area (Å²) >= 11 is 0. The molecule has 1 aliphatic heterocycles. The van der Waals surface area contributed by atoms with Gasteiger partial charge in [-0.3, -0.25) is 4.68 Å². The Balaban J connectivity index is 0.00000169. The fraction of sp³-hybridized carbons (Fsp3) is 0.353. The van der Waals surface area contributed by atoms with Crippen molar-refractivity contribution in [3.05, 3.63) is 42.0 Å². The fourth-order valence-corrected chi connectivity index (χ4v) is 3.41. The molecule has 7 heteroatoms. The van der Waals surface area contributed by atoms with Crippen molar-refractivity contribution < 1.29 is 0 Å². The van der Waals surface area contributed by atoms with Gasteiger partial charge in [-0.15, -0.1) is 12.4 Å². The van der Waals surface area contributed by atoms with Crippen LogP contribution in [0.15, 0.2) is 30.9 Å². The van der Waals surface area contributed by atoms with Crippen molar-refractivity contribution in [3.63, 3.8) is 0 Å². The van der Waals surface area contributed by atoms with Crippen molar-refractivity contribution in [2.45, 2.75) is 18.8 Å². The summed E-state index contributed by atoms with van der Waals surface area (Å²) in [5.41, 5.74) is 4.98. The SMILES string of the molecule is Cl.Cn1cc(-c2cc(C3CCNCC3)c3c(C#N)cnn3c2)cn1. The molecule has 1 N–H and O–H groups in total. The van der Waals surface area contributed by atoms with Gasteiger partial charge in [0.2, 0.25) is 0 Å². The highest BCUT2D eigenvalue weighted by Gasteiger charge is 2.21. The number of aryl methyl sites for hydroxylation is 1. The standard InChI is InChI=1S/C17H18N6.ClH/c1-22-10-15(9-20-22)13-6-16(12-2-4-19-5-3-12)17-14(7-18)8-21-23(17)11-13;/h6,8-12,19H,2-5H2,1H3;1H. The van der Waals surface area contributed by atoms with E-state index in [9.17, 15) is 5.26 Å². The maximum absolute atomic E-state index is 9.41. The first-order valence-corrected chi connectivity index (χ1v) is 7.87. The zero-order valence-corrected chi connectivity index (χ0v) is 14.3. The molecular weight excluding hydrogens is 324 g/mol. The molecule has 1 aliphatic rings. The van der Waals surface area contributed by atoms with Gasteiger partial charge in [0, 0.05) is 30.6 Å². The summed E-state index contributed by atoms with van der Waals surface area (Å²) in [6.07, 6.45) is 9.68. The molecule has 1 fully saturated rings. The molecule has 0 amide bonds. The van der Waals surface area contributed by atoms with E-state index in [2.05, 4.69) is 27.6 Å². The number of aromatic nitrogens is 4. The first-order chi connectivity index (χ1) is 11.3. The van der Waals surface area contributed by atoms with E-state index in [1.165, 1.54) is 5.56 Å². The summed E-state index contributed by atoms with van der Waals surface area (Å²) in [6, 6.07) is 4.49. The molecule has 24 heavy (non-hydrogen) atoms. The van der Waals surface area contributed by atoms with Gasteiger partial charge in [0.1, 0.15) is 6.07 Å². The topological polar surface area (TPSA) is 70.9 Å². The summed E-state index contributed by atoms with van der Waals surface area (Å²) < 4.78 is 3.64. The van der Waals surface area contributed by atoms with E-state index in [-0.39, 0.29) is 12.4 Å². The first-order valence-electron chi connectivity index (χ1n) is 7.87. The van der Waals surface area contributed by atoms with Crippen LogP contribution < -0.4 is 5.32 Å². The molecule has 3 aromatic rings. The van der Waals surface area contributed by atoms with Gasteiger partial charge < -0.3 is 5.32 Å². The Kier molecular flexibility index (Phi) is 4.56. The fourth-order valence-electron chi connectivity index (χ4n) is 3.41. The number of rotatable bonds is 2. The van der Waals surface area contributed by atoms with Crippen LogP contribution >= 0.6 is 12.4 Å². The number of hydrogen-bond donors (Lipinski definition) is 1. The van der Waals surface area contributed by atoms with Gasteiger partial charge in [0.15, 0.2) is 0 Å². The zero-order valence-electron chi connectivity index (χ0n) is 13.4. The molecule has 0 spiro atoms. The molecule has 124 valence electrons. The second-order valence-electron chi connectivity index (χ2n) is 6.07. The molecule has 1 saturated heterocycles. The van der Waals surface area contributed by atoms with E-state index < -0.39 is 0 Å². The highest BCUT2D eigenvalue weighted by atomic mass is 35.5. The Morgan fingerprint density at radius 1 is 1.17 bits per heavy atom. The smallest absolute Gasteiger partial charge is 0.103 e. The van der Waals surface area contributed by atoms with Gasteiger partial charge in [-0.05, 0) is 43.5 Å². The Bertz CT molecular complexity index is 898. The minimum atomic E-state index is 0. The molecule has 4 rings (SSSR count). The summed E-state index contributed by atoms with van der Waals surface area (Å²) in [7, 11) is 1.91. The van der Waals surface area contributed by atoms with Crippen molar-refractivity contribution in [1.29, 1.82) is 5.26 Å². The van der Waals surface area contributed by atoms with Crippen LogP contribution in [0.5, 0.6) is 0 Å². The van der Waals surface area contributed by atoms with Crippen molar-refractivity contribution in [3.8, 4) is 17.2 Å². The summed E-state index contributed by atoms with van der Waals surface area (Å²) in [6.45, 7) is 2.04. The normalized spacial score (nSPS) is 15.2. The van der Waals surface area contributed by atoms with E-state index in [4.69, 9.17) is 0 Å². The van der Waals surface area contributed by atoms with Crippen molar-refractivity contribution in [1.82, 2.24) is 24.7 Å². The van der Waals surface area contributed by atoms with E-state index in [1.54, 1.807) is 10.9 Å². The Morgan fingerprint density at radius 2 is 1.96 bits per heavy atom. The van der Waals surface area contributed by atoms with Gasteiger partial charge in [-0.1, -0.05) is 0 Å². The van der Waals surface area contributed by atoms with Crippen LogP contribution in [0.2, 0.25) is 0 Å². The first kappa shape index (κ1) is 16.5. The molecule has 6 nitrogen and oxygen atoms in total. The van der Waals surface area contributed by atoms with Crippen LogP contribution in [0.1, 0.15) is 29.9 Å². The molecule has 0 aliphatic carbocycles. The number of fused-ring (bicyclic) bond motifs is 1. The van der Waals surface area contributed by atoms with Crippen molar-refractivity contribution >= 4 is 17.9 Å². The Hall–Kier alpha value is -2.36. The minimum absolute atomic E-state index is 0. The van der Waals surface area contributed by atoms with Crippen LogP contribution in [0.4, 0.5) is 0 Å². The summed E-state index contributed by atoms with van der Waals surface area (Å²) in [5, 5.41) is 21.5. The molecule has 0 radical (unpaired) electrons. The third-order valence-electron chi connectivity index (χ3n) is 4.58.